The molecular weight excluding hydrogens is 404 g/mol. The predicted octanol–water partition coefficient (Wildman–Crippen LogP) is 4.34. The Labute approximate surface area is 152 Å². The molecule has 0 saturated carbocycles. The molecule has 0 N–H and O–H groups in total. The third-order valence-corrected chi connectivity index (χ3v) is 4.45. The standard InChI is InChI=1S/C17H15BrClF2NO2/c1-2-3-8-24-11-4-5-12(14(19)9-11)15-7-6-13(18)17(23)22(15)10-16(20)21/h4-5,7,9,13,16H,6,8,10H2,1H3. The van der Waals surface area contributed by atoms with Gasteiger partial charge in [0.25, 0.3) is 6.43 Å². The average Bonchev–Trinajstić information content (AvgIpc) is 2.53. The van der Waals surface area contributed by atoms with Crippen LogP contribution in [0.1, 0.15) is 18.9 Å². The van der Waals surface area contributed by atoms with E-state index in [-0.39, 0.29) is 6.61 Å². The van der Waals surface area contributed by atoms with Gasteiger partial charge in [-0.05, 0) is 31.5 Å². The van der Waals surface area contributed by atoms with Gasteiger partial charge in [-0.25, -0.2) is 8.78 Å². The van der Waals surface area contributed by atoms with E-state index in [1.54, 1.807) is 31.2 Å². The number of nitrogens with zero attached hydrogens (tertiary/aromatic N) is 1. The molecule has 0 aromatic heterocycles. The monoisotopic (exact) mass is 417 g/mol. The lowest BCUT2D eigenvalue weighted by molar-refractivity contribution is -0.129. The molecule has 1 aromatic rings. The molecule has 128 valence electrons. The van der Waals surface area contributed by atoms with Crippen LogP contribution in [-0.4, -0.2) is 35.2 Å². The number of ether oxygens (including phenoxy) is 1. The van der Waals surface area contributed by atoms with Gasteiger partial charge < -0.3 is 9.64 Å². The Bertz CT molecular complexity index is 712. The average molecular weight is 419 g/mol. The normalized spacial score (nSPS) is 17.4. The van der Waals surface area contributed by atoms with Crippen LogP contribution in [0.2, 0.25) is 5.02 Å². The van der Waals surface area contributed by atoms with Gasteiger partial charge in [-0.2, -0.15) is 0 Å². The van der Waals surface area contributed by atoms with Crippen molar-refractivity contribution in [2.24, 2.45) is 0 Å². The minimum Gasteiger partial charge on any atom is -0.481 e. The first-order valence-electron chi connectivity index (χ1n) is 7.20. The summed E-state index contributed by atoms with van der Waals surface area (Å²) >= 11 is 9.47. The lowest BCUT2D eigenvalue weighted by Crippen LogP contribution is -2.41. The highest BCUT2D eigenvalue weighted by Gasteiger charge is 2.32. The van der Waals surface area contributed by atoms with Gasteiger partial charge in [-0.15, -0.1) is 5.92 Å². The molecule has 1 heterocycles. The molecule has 1 aromatic carbocycles. The van der Waals surface area contributed by atoms with Crippen LogP contribution in [-0.2, 0) is 4.79 Å². The van der Waals surface area contributed by atoms with Gasteiger partial charge in [0.15, 0.2) is 0 Å². The molecule has 3 nitrogen and oxygen atoms in total. The molecule has 1 aliphatic heterocycles. The Morgan fingerprint density at radius 3 is 2.88 bits per heavy atom. The molecule has 7 heteroatoms. The van der Waals surface area contributed by atoms with Crippen molar-refractivity contribution >= 4 is 39.1 Å². The quantitative estimate of drug-likeness (QED) is 0.526. The van der Waals surface area contributed by atoms with Crippen LogP contribution in [0.25, 0.3) is 5.70 Å². The maximum absolute atomic E-state index is 12.8. The van der Waals surface area contributed by atoms with Crippen LogP contribution in [0.15, 0.2) is 24.3 Å². The Hall–Kier alpha value is -1.58. The number of rotatable bonds is 5. The third kappa shape index (κ3) is 4.49. The van der Waals surface area contributed by atoms with Crippen molar-refractivity contribution in [1.82, 2.24) is 4.90 Å². The molecule has 24 heavy (non-hydrogen) atoms. The van der Waals surface area contributed by atoms with Crippen molar-refractivity contribution in [1.29, 1.82) is 0 Å². The van der Waals surface area contributed by atoms with Crippen LogP contribution < -0.4 is 4.74 Å². The second-order valence-corrected chi connectivity index (χ2v) is 6.50. The highest BCUT2D eigenvalue weighted by Crippen LogP contribution is 2.34. The van der Waals surface area contributed by atoms with Gasteiger partial charge in [0, 0.05) is 11.3 Å². The topological polar surface area (TPSA) is 29.5 Å². The fourth-order valence-corrected chi connectivity index (χ4v) is 2.98. The van der Waals surface area contributed by atoms with Gasteiger partial charge in [0.2, 0.25) is 5.91 Å². The van der Waals surface area contributed by atoms with E-state index in [0.717, 1.165) is 4.90 Å². The molecular formula is C17H15BrClF2NO2. The molecule has 1 amide bonds. The molecule has 2 rings (SSSR count). The van der Waals surface area contributed by atoms with Gasteiger partial charge in [0.1, 0.15) is 12.4 Å². The summed E-state index contributed by atoms with van der Waals surface area (Å²) in [4.78, 5) is 12.8. The van der Waals surface area contributed by atoms with Crippen molar-refractivity contribution in [2.45, 2.75) is 24.6 Å². The van der Waals surface area contributed by atoms with E-state index >= 15 is 0 Å². The molecule has 1 atom stereocenters. The lowest BCUT2D eigenvalue weighted by Gasteiger charge is -2.31. The summed E-state index contributed by atoms with van der Waals surface area (Å²) in [6.07, 6.45) is -0.494. The maximum Gasteiger partial charge on any atom is 0.256 e. The predicted molar refractivity (Wildman–Crippen MR) is 93.4 cm³/mol. The summed E-state index contributed by atoms with van der Waals surface area (Å²) in [5.74, 6) is 5.60. The van der Waals surface area contributed by atoms with E-state index in [1.165, 1.54) is 0 Å². The zero-order valence-corrected chi connectivity index (χ0v) is 15.2. The second-order valence-electron chi connectivity index (χ2n) is 4.99. The van der Waals surface area contributed by atoms with Gasteiger partial charge >= 0.3 is 0 Å². The Morgan fingerprint density at radius 2 is 2.25 bits per heavy atom. The van der Waals surface area contributed by atoms with E-state index in [2.05, 4.69) is 27.8 Å². The number of allylic oxidation sites excluding steroid dienone is 1. The van der Waals surface area contributed by atoms with Crippen LogP contribution in [0.5, 0.6) is 5.75 Å². The minimum atomic E-state index is -2.64. The SMILES string of the molecule is CC#CCOc1ccc(C2=CCC(Br)C(=O)N2CC(F)F)c(Cl)c1. The first-order chi connectivity index (χ1) is 11.4. The van der Waals surface area contributed by atoms with Gasteiger partial charge in [-0.1, -0.05) is 39.5 Å². The molecule has 1 aliphatic rings. The minimum absolute atomic E-state index is 0.232. The summed E-state index contributed by atoms with van der Waals surface area (Å²) in [7, 11) is 0. The van der Waals surface area contributed by atoms with Gasteiger partial charge in [-0.3, -0.25) is 4.79 Å². The lowest BCUT2D eigenvalue weighted by atomic mass is 10.0. The zero-order valence-electron chi connectivity index (χ0n) is 12.9. The first-order valence-corrected chi connectivity index (χ1v) is 8.49. The van der Waals surface area contributed by atoms with Crippen molar-refractivity contribution in [2.75, 3.05) is 13.2 Å². The molecule has 1 unspecified atom stereocenters. The smallest absolute Gasteiger partial charge is 0.256 e. The Morgan fingerprint density at radius 1 is 1.50 bits per heavy atom. The number of halogens is 4. The molecule has 0 spiro atoms. The highest BCUT2D eigenvalue weighted by molar-refractivity contribution is 9.10. The third-order valence-electron chi connectivity index (χ3n) is 3.37. The summed E-state index contributed by atoms with van der Waals surface area (Å²) in [5, 5.41) is 0.322. The summed E-state index contributed by atoms with van der Waals surface area (Å²) in [5.41, 5.74) is 0.903. The fraction of sp³-hybridized carbons (Fsp3) is 0.353. The van der Waals surface area contributed by atoms with Crippen LogP contribution >= 0.6 is 27.5 Å². The number of carbonyl (C=O) groups excluding carboxylic acids is 1. The number of hydrogen-bond acceptors (Lipinski definition) is 2. The van der Waals surface area contributed by atoms with Gasteiger partial charge in [0.05, 0.1) is 16.4 Å². The van der Waals surface area contributed by atoms with E-state index in [4.69, 9.17) is 16.3 Å². The van der Waals surface area contributed by atoms with Crippen LogP contribution in [0, 0.1) is 11.8 Å². The van der Waals surface area contributed by atoms with Crippen LogP contribution in [0.4, 0.5) is 8.78 Å². The first kappa shape index (κ1) is 18.8. The summed E-state index contributed by atoms with van der Waals surface area (Å²) in [6, 6.07) is 4.91. The Kier molecular flexibility index (Phi) is 6.64. The molecule has 0 saturated heterocycles. The number of amides is 1. The molecule has 0 fully saturated rings. The largest absolute Gasteiger partial charge is 0.481 e. The van der Waals surface area contributed by atoms with Crippen molar-refractivity contribution in [3.63, 3.8) is 0 Å². The summed E-state index contributed by atoms with van der Waals surface area (Å²) in [6.45, 7) is 1.27. The van der Waals surface area contributed by atoms with Crippen molar-refractivity contribution < 1.29 is 18.3 Å². The van der Waals surface area contributed by atoms with E-state index in [9.17, 15) is 13.6 Å². The number of benzene rings is 1. The number of hydrogen-bond donors (Lipinski definition) is 0. The molecule has 0 bridgehead atoms. The fourth-order valence-electron chi connectivity index (χ4n) is 2.28. The van der Waals surface area contributed by atoms with Crippen LogP contribution in [0.3, 0.4) is 0 Å². The van der Waals surface area contributed by atoms with Crippen molar-refractivity contribution in [3.8, 4) is 17.6 Å². The molecule has 0 radical (unpaired) electrons. The number of carbonyl (C=O) groups is 1. The zero-order chi connectivity index (χ0) is 17.7. The number of alkyl halides is 3. The molecule has 0 aliphatic carbocycles. The second kappa shape index (κ2) is 8.50. The Balaban J connectivity index is 2.30. The highest BCUT2D eigenvalue weighted by atomic mass is 79.9. The van der Waals surface area contributed by atoms with E-state index in [0.29, 0.717) is 28.5 Å². The maximum atomic E-state index is 12.8. The van der Waals surface area contributed by atoms with Crippen molar-refractivity contribution in [3.05, 3.63) is 34.9 Å². The van der Waals surface area contributed by atoms with E-state index in [1.807, 2.05) is 0 Å². The van der Waals surface area contributed by atoms with E-state index < -0.39 is 23.7 Å². The summed E-state index contributed by atoms with van der Waals surface area (Å²) < 4.78 is 31.1.